The number of sulfonamides is 1. The van der Waals surface area contributed by atoms with Crippen molar-refractivity contribution in [3.63, 3.8) is 0 Å². The van der Waals surface area contributed by atoms with Crippen LogP contribution >= 0.6 is 0 Å². The van der Waals surface area contributed by atoms with E-state index < -0.39 is 143 Å². The molecule has 0 aromatic carbocycles. The zero-order valence-electron chi connectivity index (χ0n) is 33.4. The number of amides is 2. The first kappa shape index (κ1) is 63.2. The third-order valence-corrected chi connectivity index (χ3v) is 11.1. The third-order valence-electron chi connectivity index (χ3n) is 9.17. The molecule has 0 saturated carbocycles. The molecule has 1 aliphatic rings. The van der Waals surface area contributed by atoms with Crippen molar-refractivity contribution < 1.29 is 162 Å². The molecular formula is C30H40F17GdN7O10S. The van der Waals surface area contributed by atoms with Crippen molar-refractivity contribution >= 4 is 39.7 Å². The molecule has 66 heavy (non-hydrogen) atoms. The van der Waals surface area contributed by atoms with Crippen LogP contribution in [0.25, 0.3) is 0 Å². The van der Waals surface area contributed by atoms with E-state index in [1.54, 1.807) is 5.32 Å². The van der Waals surface area contributed by atoms with Gasteiger partial charge in [-0.05, 0) is 0 Å². The van der Waals surface area contributed by atoms with Crippen molar-refractivity contribution in [3.8, 4) is 0 Å². The third kappa shape index (κ3) is 14.4. The van der Waals surface area contributed by atoms with Crippen molar-refractivity contribution in [2.24, 2.45) is 0 Å². The van der Waals surface area contributed by atoms with Crippen LogP contribution in [0.15, 0.2) is 0 Å². The maximum absolute atomic E-state index is 14.7. The number of carbonyl (C=O) groups excluding carboxylic acids is 2. The van der Waals surface area contributed by atoms with E-state index in [-0.39, 0.29) is 92.3 Å². The maximum Gasteiger partial charge on any atom is 0.460 e. The molecule has 388 valence electrons. The van der Waals surface area contributed by atoms with Crippen molar-refractivity contribution in [1.29, 1.82) is 0 Å². The predicted octanol–water partition coefficient (Wildman–Crippen LogP) is 1.31. The predicted molar refractivity (Wildman–Crippen MR) is 182 cm³/mol. The molecule has 0 aliphatic carbocycles. The molecule has 1 saturated heterocycles. The molecule has 36 heteroatoms. The number of nitrogens with one attached hydrogen (secondary N) is 2. The second kappa shape index (κ2) is 23.7. The molecule has 1 fully saturated rings. The van der Waals surface area contributed by atoms with E-state index >= 15 is 0 Å². The van der Waals surface area contributed by atoms with Gasteiger partial charge in [-0.3, -0.25) is 43.6 Å². The van der Waals surface area contributed by atoms with Gasteiger partial charge in [-0.15, -0.1) is 0 Å². The standard InChI is InChI=1S/C30H40F17N7O10S.Gd/c1-2-54(65(63,64)30(46,47)28(41,42)26(37,38)24(33,34)23(31,32)25(35,36)27(39,40)29(43,44)45)14-19(56)49-4-3-48-18(55)13-50-5-7-51(15-20(57)58)9-11-53(17-22(61)62)12-10-52(8-6-50)16-21(59)60;/h2-17H2,1H3,(H,48,55)(H,49,56)(H,57,58)(H,59,60)(H,61,62);. The van der Waals surface area contributed by atoms with Gasteiger partial charge < -0.3 is 26.0 Å². The van der Waals surface area contributed by atoms with E-state index in [2.05, 4.69) is 5.32 Å². The fourth-order valence-corrected chi connectivity index (χ4v) is 6.91. The number of nitrogens with zero attached hydrogens (tertiary/aromatic N) is 5. The van der Waals surface area contributed by atoms with E-state index in [0.29, 0.717) is 6.92 Å². The van der Waals surface area contributed by atoms with Crippen molar-refractivity contribution in [2.75, 3.05) is 105 Å². The second-order valence-corrected chi connectivity index (χ2v) is 15.9. The molecule has 0 spiro atoms. The Bertz CT molecular complexity index is 1770. The largest absolute Gasteiger partial charge is 0.480 e. The number of carbonyl (C=O) groups is 5. The monoisotopic (exact) mass is 1170 g/mol. The zero-order chi connectivity index (χ0) is 51.0. The van der Waals surface area contributed by atoms with E-state index in [0.717, 1.165) is 0 Å². The summed E-state index contributed by atoms with van der Waals surface area (Å²) < 4.78 is 256. The Hall–Kier alpha value is -2.77. The van der Waals surface area contributed by atoms with Gasteiger partial charge in [0.05, 0.1) is 32.7 Å². The molecule has 5 N–H and O–H groups in total. The summed E-state index contributed by atoms with van der Waals surface area (Å²) in [5.74, 6) is -59.2. The van der Waals surface area contributed by atoms with Crippen molar-refractivity contribution in [3.05, 3.63) is 0 Å². The topological polar surface area (TPSA) is 220 Å². The van der Waals surface area contributed by atoms with E-state index in [1.165, 1.54) is 19.6 Å². The molecule has 0 bridgehead atoms. The van der Waals surface area contributed by atoms with Gasteiger partial charge in [0.2, 0.25) is 11.8 Å². The number of carboxylic acid groups (broad SMARTS) is 3. The molecule has 1 aliphatic heterocycles. The van der Waals surface area contributed by atoms with E-state index in [9.17, 15) is 122 Å². The number of hydrogen-bond donors (Lipinski definition) is 5. The normalized spacial score (nSPS) is 17.3. The van der Waals surface area contributed by atoms with Crippen LogP contribution in [0.4, 0.5) is 74.6 Å². The molecule has 1 heterocycles. The van der Waals surface area contributed by atoms with Gasteiger partial charge in [0, 0.05) is 112 Å². The molecule has 0 radical (unpaired) electrons. The van der Waals surface area contributed by atoms with Gasteiger partial charge in [0.1, 0.15) is 0 Å². The average Bonchev–Trinajstić information content (AvgIpc) is 3.14. The minimum atomic E-state index is -9.03. The van der Waals surface area contributed by atoms with Crippen LogP contribution in [-0.2, 0) is 34.0 Å². The van der Waals surface area contributed by atoms with E-state index in [4.69, 9.17) is 0 Å². The number of halogens is 17. The Balaban J connectivity index is 0.0000422. The summed E-state index contributed by atoms with van der Waals surface area (Å²) in [4.78, 5) is 64.9. The number of hydrogen-bond acceptors (Lipinski definition) is 11. The number of aliphatic carboxylic acids is 3. The first-order chi connectivity index (χ1) is 29.2. The number of likely N-dealkylation sites (N-methyl/N-ethyl adjacent to an activating group) is 1. The summed E-state index contributed by atoms with van der Waals surface area (Å²) in [7, 11) is -7.74. The Labute approximate surface area is 393 Å². The fraction of sp³-hybridized carbons (Fsp3) is 0.833. The van der Waals surface area contributed by atoms with Crippen molar-refractivity contribution in [2.45, 2.75) is 53.9 Å². The van der Waals surface area contributed by atoms with Gasteiger partial charge in [0.25, 0.3) is 10.0 Å². The molecular weight excluding hydrogens is 1130 g/mol. The SMILES string of the molecule is CCN(CC(=O)NCCNC(=O)CN1CCN(CC(=O)O)CCN(CC(=O)O)CCN(CC(=O)O)CC1)S(=O)(=O)C(F)(F)C(F)(F)C(F)(F)C(F)(F)C(F)(F)C(F)(F)C(F)(F)C(F)(F)F.[Gd]. The first-order valence-corrected chi connectivity index (χ1v) is 19.4. The van der Waals surface area contributed by atoms with Crippen LogP contribution in [0.2, 0.25) is 0 Å². The fourth-order valence-electron chi connectivity index (χ4n) is 5.50. The summed E-state index contributed by atoms with van der Waals surface area (Å²) in [6, 6.07) is 0. The van der Waals surface area contributed by atoms with Crippen LogP contribution in [-0.4, -0.2) is 229 Å². The summed E-state index contributed by atoms with van der Waals surface area (Å²) in [5.41, 5.74) is 0. The van der Waals surface area contributed by atoms with Gasteiger partial charge >= 0.3 is 64.9 Å². The Morgan fingerprint density at radius 2 is 0.758 bits per heavy atom. The summed E-state index contributed by atoms with van der Waals surface area (Å²) in [6.45, 7) is -6.99. The van der Waals surface area contributed by atoms with Crippen molar-refractivity contribution in [1.82, 2.24) is 34.5 Å². The molecule has 1 rings (SSSR count). The summed E-state index contributed by atoms with van der Waals surface area (Å²) in [6.07, 6.45) is -7.98. The van der Waals surface area contributed by atoms with Crippen LogP contribution in [0.5, 0.6) is 0 Å². The minimum Gasteiger partial charge on any atom is -0.480 e. The van der Waals surface area contributed by atoms with Crippen LogP contribution in [0.3, 0.4) is 0 Å². The van der Waals surface area contributed by atoms with Crippen LogP contribution in [0.1, 0.15) is 6.92 Å². The van der Waals surface area contributed by atoms with Gasteiger partial charge in [-0.1, -0.05) is 6.92 Å². The number of rotatable bonds is 22. The Kier molecular flexibility index (Phi) is 22.7. The molecule has 17 nitrogen and oxygen atoms in total. The molecule has 2 amide bonds. The number of carboxylic acids is 3. The molecule has 0 aromatic heterocycles. The first-order valence-electron chi connectivity index (χ1n) is 18.0. The summed E-state index contributed by atoms with van der Waals surface area (Å²) in [5, 5.41) is 23.9. The van der Waals surface area contributed by atoms with Gasteiger partial charge in [0.15, 0.2) is 0 Å². The quantitative estimate of drug-likeness (QED) is 0.0764. The Morgan fingerprint density at radius 3 is 1.05 bits per heavy atom. The Morgan fingerprint density at radius 1 is 0.485 bits per heavy atom. The van der Waals surface area contributed by atoms with Gasteiger partial charge in [-0.2, -0.15) is 78.9 Å². The maximum atomic E-state index is 14.7. The van der Waals surface area contributed by atoms with Gasteiger partial charge in [-0.25, -0.2) is 8.42 Å². The smallest absolute Gasteiger partial charge is 0.460 e. The average molecular weight is 1170 g/mol. The minimum absolute atomic E-state index is 0. The molecule has 0 aromatic rings. The summed E-state index contributed by atoms with van der Waals surface area (Å²) >= 11 is 0. The number of alkyl halides is 17. The van der Waals surface area contributed by atoms with Crippen LogP contribution < -0.4 is 10.6 Å². The zero-order valence-corrected chi connectivity index (χ0v) is 36.5. The van der Waals surface area contributed by atoms with Crippen LogP contribution in [0, 0.1) is 39.9 Å². The van der Waals surface area contributed by atoms with E-state index in [1.807, 2.05) is 0 Å². The second-order valence-electron chi connectivity index (χ2n) is 13.9. The molecule has 0 atom stereocenters. The molecule has 0 unspecified atom stereocenters.